The minimum Gasteiger partial charge on any atom is -0.407 e. The van der Waals surface area contributed by atoms with Crippen molar-refractivity contribution in [2.45, 2.75) is 23.7 Å². The maximum Gasteiger partial charge on any atom is 0.322 e. The van der Waals surface area contributed by atoms with Gasteiger partial charge in [-0.3, -0.25) is 14.9 Å². The Balaban J connectivity index is 1.39. The monoisotopic (exact) mass is 414 g/mol. The first-order chi connectivity index (χ1) is 13.6. The molecule has 1 aromatic carbocycles. The summed E-state index contributed by atoms with van der Waals surface area (Å²) in [6, 6.07) is 11.7. The summed E-state index contributed by atoms with van der Waals surface area (Å²) in [5.41, 5.74) is 0.856. The van der Waals surface area contributed by atoms with Crippen LogP contribution < -0.4 is 10.2 Å². The summed E-state index contributed by atoms with van der Waals surface area (Å²) in [6.45, 7) is 0.474. The van der Waals surface area contributed by atoms with Gasteiger partial charge in [0.2, 0.25) is 17.7 Å². The zero-order chi connectivity index (χ0) is 19.5. The second kappa shape index (κ2) is 8.15. The van der Waals surface area contributed by atoms with Crippen LogP contribution in [0, 0.1) is 0 Å². The van der Waals surface area contributed by atoms with Crippen molar-refractivity contribution in [1.29, 1.82) is 0 Å². The Morgan fingerprint density at radius 1 is 1.32 bits per heavy atom. The molecule has 0 saturated carbocycles. The number of thiophene rings is 1. The number of hydrogen-bond donors (Lipinski definition) is 1. The molecular formula is C19H18N4O3S2. The number of anilines is 2. The Morgan fingerprint density at radius 2 is 2.14 bits per heavy atom. The lowest BCUT2D eigenvalue weighted by atomic mass is 10.1. The van der Waals surface area contributed by atoms with E-state index >= 15 is 0 Å². The van der Waals surface area contributed by atoms with E-state index in [1.165, 1.54) is 11.3 Å². The van der Waals surface area contributed by atoms with Crippen LogP contribution in [0.25, 0.3) is 0 Å². The quantitative estimate of drug-likeness (QED) is 0.621. The first-order valence-corrected chi connectivity index (χ1v) is 10.8. The molecule has 1 fully saturated rings. The van der Waals surface area contributed by atoms with Gasteiger partial charge in [-0.05, 0) is 42.0 Å². The summed E-state index contributed by atoms with van der Waals surface area (Å²) in [5.74, 6) is -0.0229. The minimum atomic E-state index is -0.212. The van der Waals surface area contributed by atoms with Gasteiger partial charge in [-0.25, -0.2) is 0 Å². The summed E-state index contributed by atoms with van der Waals surface area (Å²) >= 11 is 3.17. The number of hydrogen-bond acceptors (Lipinski definition) is 7. The summed E-state index contributed by atoms with van der Waals surface area (Å²) in [5, 5.41) is 12.5. The number of carbonyl (C=O) groups is 2. The van der Waals surface area contributed by atoms with Gasteiger partial charge in [0.25, 0.3) is 0 Å². The first kappa shape index (κ1) is 18.7. The Morgan fingerprint density at radius 3 is 2.86 bits per heavy atom. The molecule has 28 heavy (non-hydrogen) atoms. The van der Waals surface area contributed by atoms with Crippen LogP contribution in [0.2, 0.25) is 0 Å². The molecular weight excluding hydrogens is 396 g/mol. The summed E-state index contributed by atoms with van der Waals surface area (Å²) in [7, 11) is 0. The molecule has 1 aliphatic rings. The van der Waals surface area contributed by atoms with Crippen LogP contribution in [0.5, 0.6) is 0 Å². The van der Waals surface area contributed by atoms with Crippen molar-refractivity contribution in [2.75, 3.05) is 23.0 Å². The van der Waals surface area contributed by atoms with Crippen molar-refractivity contribution < 1.29 is 14.0 Å². The lowest BCUT2D eigenvalue weighted by Gasteiger charge is -2.16. The molecule has 7 nitrogen and oxygen atoms in total. The van der Waals surface area contributed by atoms with Crippen LogP contribution in [-0.2, 0) is 16.0 Å². The van der Waals surface area contributed by atoms with Crippen molar-refractivity contribution >= 4 is 46.6 Å². The summed E-state index contributed by atoms with van der Waals surface area (Å²) < 4.78 is 5.59. The third-order valence-corrected chi connectivity index (χ3v) is 6.08. The van der Waals surface area contributed by atoms with Crippen molar-refractivity contribution in [3.63, 3.8) is 0 Å². The largest absolute Gasteiger partial charge is 0.407 e. The number of aromatic nitrogens is 2. The number of amides is 2. The van der Waals surface area contributed by atoms with Gasteiger partial charge < -0.3 is 9.32 Å². The molecule has 0 radical (unpaired) electrons. The molecule has 2 aromatic heterocycles. The van der Waals surface area contributed by atoms with Gasteiger partial charge in [-0.1, -0.05) is 11.2 Å². The van der Waals surface area contributed by atoms with Gasteiger partial charge in [0.1, 0.15) is 0 Å². The molecule has 0 aliphatic carbocycles. The maximum atomic E-state index is 12.4. The van der Waals surface area contributed by atoms with Crippen molar-refractivity contribution in [2.24, 2.45) is 0 Å². The van der Waals surface area contributed by atoms with Gasteiger partial charge in [-0.15, -0.1) is 28.2 Å². The zero-order valence-electron chi connectivity index (χ0n) is 15.1. The van der Waals surface area contributed by atoms with E-state index in [-0.39, 0.29) is 30.2 Å². The lowest BCUT2D eigenvalue weighted by Crippen LogP contribution is -2.24. The number of rotatable bonds is 6. The lowest BCUT2D eigenvalue weighted by molar-refractivity contribution is -0.117. The maximum absolute atomic E-state index is 12.4. The average Bonchev–Trinajstić information content (AvgIpc) is 3.43. The molecule has 2 amide bonds. The van der Waals surface area contributed by atoms with Gasteiger partial charge in [0.15, 0.2) is 0 Å². The third-order valence-electron chi connectivity index (χ3n) is 4.46. The molecule has 144 valence electrons. The van der Waals surface area contributed by atoms with E-state index in [1.54, 1.807) is 16.7 Å². The van der Waals surface area contributed by atoms with E-state index in [0.29, 0.717) is 18.9 Å². The predicted octanol–water partition coefficient (Wildman–Crippen LogP) is 3.55. The van der Waals surface area contributed by atoms with Gasteiger partial charge >= 0.3 is 6.01 Å². The highest BCUT2D eigenvalue weighted by Gasteiger charge is 2.35. The van der Waals surface area contributed by atoms with E-state index in [2.05, 4.69) is 15.5 Å². The van der Waals surface area contributed by atoms with Crippen molar-refractivity contribution in [3.8, 4) is 0 Å². The van der Waals surface area contributed by atoms with E-state index < -0.39 is 0 Å². The molecule has 4 rings (SSSR count). The third kappa shape index (κ3) is 4.10. The molecule has 0 spiro atoms. The summed E-state index contributed by atoms with van der Waals surface area (Å²) in [4.78, 5) is 28.3. The number of thioether (sulfide) groups is 1. The Kier molecular flexibility index (Phi) is 5.45. The Labute approximate surface area is 170 Å². The Bertz CT molecular complexity index is 969. The van der Waals surface area contributed by atoms with Crippen molar-refractivity contribution in [1.82, 2.24) is 10.2 Å². The van der Waals surface area contributed by atoms with E-state index in [0.717, 1.165) is 15.5 Å². The molecule has 1 unspecified atom stereocenters. The number of benzene rings is 1. The minimum absolute atomic E-state index is 0.0170. The Hall–Kier alpha value is -2.65. The number of carbonyl (C=O) groups excluding carboxylic acids is 2. The average molecular weight is 415 g/mol. The summed E-state index contributed by atoms with van der Waals surface area (Å²) in [6.07, 6.45) is 2.57. The topological polar surface area (TPSA) is 88.3 Å². The molecule has 3 aromatic rings. The van der Waals surface area contributed by atoms with Gasteiger partial charge in [0, 0.05) is 28.4 Å². The van der Waals surface area contributed by atoms with Gasteiger partial charge in [0.05, 0.1) is 12.3 Å². The molecule has 0 bridgehead atoms. The molecule has 1 atom stereocenters. The smallest absolute Gasteiger partial charge is 0.322 e. The van der Waals surface area contributed by atoms with Crippen LogP contribution in [0.15, 0.2) is 51.1 Å². The molecule has 9 heteroatoms. The van der Waals surface area contributed by atoms with E-state index in [4.69, 9.17) is 4.42 Å². The molecule has 1 aliphatic heterocycles. The van der Waals surface area contributed by atoms with E-state index in [1.807, 2.05) is 48.0 Å². The van der Waals surface area contributed by atoms with Crippen LogP contribution in [-0.4, -0.2) is 34.8 Å². The number of nitrogens with zero attached hydrogens (tertiary/aromatic N) is 3. The highest BCUT2D eigenvalue weighted by atomic mass is 32.2. The van der Waals surface area contributed by atoms with Crippen molar-refractivity contribution in [3.05, 3.63) is 52.5 Å². The zero-order valence-corrected chi connectivity index (χ0v) is 16.8. The normalized spacial score (nSPS) is 16.5. The first-order valence-electron chi connectivity index (χ1n) is 8.72. The van der Waals surface area contributed by atoms with Gasteiger partial charge in [-0.2, -0.15) is 0 Å². The van der Waals surface area contributed by atoms with Crippen LogP contribution in [0.4, 0.5) is 11.7 Å². The molecule has 3 heterocycles. The van der Waals surface area contributed by atoms with Crippen LogP contribution >= 0.6 is 23.1 Å². The highest BCUT2D eigenvalue weighted by molar-refractivity contribution is 7.98. The molecule has 1 N–H and O–H groups in total. The second-order valence-electron chi connectivity index (χ2n) is 6.35. The van der Waals surface area contributed by atoms with E-state index in [9.17, 15) is 9.59 Å². The number of nitrogens with one attached hydrogen (secondary N) is 1. The fourth-order valence-corrected chi connectivity index (χ4v) is 4.18. The SMILES string of the molecule is CSc1ccc(N2CC(c3nnc(NC(=O)Cc4cccs4)o3)CC2=O)cc1. The highest BCUT2D eigenvalue weighted by Crippen LogP contribution is 2.32. The predicted molar refractivity (Wildman–Crippen MR) is 109 cm³/mol. The second-order valence-corrected chi connectivity index (χ2v) is 8.27. The van der Waals surface area contributed by atoms with Crippen LogP contribution in [0.3, 0.4) is 0 Å². The molecule has 1 saturated heterocycles. The fraction of sp³-hybridized carbons (Fsp3) is 0.263. The standard InChI is InChI=1S/C19H18N4O3S2/c1-27-14-6-4-13(5-7-14)23-11-12(9-17(23)25)18-21-22-19(26-18)20-16(24)10-15-3-2-8-28-15/h2-8,12H,9-11H2,1H3,(H,20,22,24). The van der Waals surface area contributed by atoms with Crippen LogP contribution in [0.1, 0.15) is 23.1 Å². The fourth-order valence-electron chi connectivity index (χ4n) is 3.07.